The van der Waals surface area contributed by atoms with Crippen LogP contribution in [0.5, 0.6) is 0 Å². The average molecular weight is 229 g/mol. The van der Waals surface area contributed by atoms with Crippen molar-refractivity contribution in [1.82, 2.24) is 0 Å². The molecule has 0 spiro atoms. The summed E-state index contributed by atoms with van der Waals surface area (Å²) >= 11 is 0. The molecule has 0 aliphatic rings. The van der Waals surface area contributed by atoms with Crippen LogP contribution in [0.1, 0.15) is 2.85 Å². The zero-order valence-electron chi connectivity index (χ0n) is 8.73. The molecule has 0 aromatic heterocycles. The van der Waals surface area contributed by atoms with E-state index in [1.165, 1.54) is 12.1 Å². The van der Waals surface area contributed by atoms with Gasteiger partial charge in [0.25, 0.3) is 10.1 Å². The second kappa shape index (κ2) is 6.82. The van der Waals surface area contributed by atoms with E-state index in [2.05, 4.69) is 4.18 Å². The smallest absolute Gasteiger partial charge is 1.00 e. The van der Waals surface area contributed by atoms with Gasteiger partial charge in [0.05, 0.1) is 12.0 Å². The van der Waals surface area contributed by atoms with Crippen LogP contribution in [0.3, 0.4) is 0 Å². The van der Waals surface area contributed by atoms with Gasteiger partial charge in [-0.25, -0.2) is 0 Å². The number of rotatable bonds is 2. The normalized spacial score (nSPS) is 9.62. The average Bonchev–Trinajstić information content (AvgIpc) is 2.06. The fourth-order valence-corrected chi connectivity index (χ4v) is 1.37. The summed E-state index contributed by atoms with van der Waals surface area (Å²) in [4.78, 5) is 0.183. The van der Waals surface area contributed by atoms with Crippen molar-refractivity contribution in [2.75, 3.05) is 7.11 Å². The molecule has 13 heavy (non-hydrogen) atoms. The minimum Gasteiger partial charge on any atom is -1.00 e. The Hall–Kier alpha value is 0.429. The van der Waals surface area contributed by atoms with Crippen LogP contribution in [0.25, 0.3) is 0 Å². The minimum atomic E-state index is -3.50. The van der Waals surface area contributed by atoms with Crippen molar-refractivity contribution in [2.24, 2.45) is 0 Å². The summed E-state index contributed by atoms with van der Waals surface area (Å²) in [5, 5.41) is 0. The monoisotopic (exact) mass is 228 g/mol. The summed E-state index contributed by atoms with van der Waals surface area (Å²) in [6.45, 7) is 0. The topological polar surface area (TPSA) is 43.4 Å². The third-order valence-electron chi connectivity index (χ3n) is 1.25. The quantitative estimate of drug-likeness (QED) is 0.515. The van der Waals surface area contributed by atoms with E-state index < -0.39 is 10.1 Å². The molecule has 0 aliphatic carbocycles. The Kier molecular flexibility index (Phi) is 8.33. The molecule has 0 saturated carbocycles. The van der Waals surface area contributed by atoms with Gasteiger partial charge in [-0.1, -0.05) is 18.2 Å². The van der Waals surface area contributed by atoms with Gasteiger partial charge < -0.3 is 2.85 Å². The van der Waals surface area contributed by atoms with Gasteiger partial charge in [-0.2, -0.15) is 8.42 Å². The molecule has 3 nitrogen and oxygen atoms in total. The third kappa shape index (κ3) is 4.45. The predicted octanol–water partition coefficient (Wildman–Crippen LogP) is -0.318. The van der Waals surface area contributed by atoms with Gasteiger partial charge in [0.2, 0.25) is 0 Å². The minimum absolute atomic E-state index is 0. The van der Waals surface area contributed by atoms with Gasteiger partial charge in [-0.15, -0.1) is 0 Å². The first-order valence-corrected chi connectivity index (χ1v) is 4.43. The van der Waals surface area contributed by atoms with Crippen LogP contribution in [0.2, 0.25) is 0 Å². The van der Waals surface area contributed by atoms with Crippen molar-refractivity contribution in [3.63, 3.8) is 0 Å². The Morgan fingerprint density at radius 1 is 1.23 bits per heavy atom. The van der Waals surface area contributed by atoms with E-state index in [-0.39, 0.29) is 48.2 Å². The van der Waals surface area contributed by atoms with Crippen LogP contribution in [-0.4, -0.2) is 55.9 Å². The summed E-state index contributed by atoms with van der Waals surface area (Å²) < 4.78 is 26.3. The van der Waals surface area contributed by atoms with E-state index in [4.69, 9.17) is 0 Å². The summed E-state index contributed by atoms with van der Waals surface area (Å²) in [7, 11) is -2.36. The molecule has 0 radical (unpaired) electrons. The van der Waals surface area contributed by atoms with Crippen LogP contribution < -0.4 is 0 Å². The molecular formula is C7H13AlMgO3S. The Bertz CT molecular complexity index is 333. The summed E-state index contributed by atoms with van der Waals surface area (Å²) in [6, 6.07) is 8.00. The summed E-state index contributed by atoms with van der Waals surface area (Å²) in [6.07, 6.45) is 0. The fraction of sp³-hybridized carbons (Fsp3) is 0.143. The Morgan fingerprint density at radius 3 is 2.08 bits per heavy atom. The molecule has 1 aromatic carbocycles. The third-order valence-corrected chi connectivity index (χ3v) is 2.54. The maximum absolute atomic E-state index is 11.0. The van der Waals surface area contributed by atoms with E-state index >= 15 is 0 Å². The zero-order chi connectivity index (χ0) is 8.32. The van der Waals surface area contributed by atoms with Gasteiger partial charge in [0.15, 0.2) is 17.4 Å². The molecule has 6 heteroatoms. The first kappa shape index (κ1) is 15.9. The molecule has 0 N–H and O–H groups in total. The molecule has 0 amide bonds. The molecule has 0 aliphatic heterocycles. The zero-order valence-corrected chi connectivity index (χ0v) is 8.96. The Balaban J connectivity index is -0.000000151. The van der Waals surface area contributed by atoms with Crippen molar-refractivity contribution in [3.8, 4) is 0 Å². The Labute approximate surface area is 108 Å². The van der Waals surface area contributed by atoms with Gasteiger partial charge in [0, 0.05) is 0 Å². The van der Waals surface area contributed by atoms with Crippen molar-refractivity contribution in [1.29, 1.82) is 0 Å². The van der Waals surface area contributed by atoms with E-state index in [1.807, 2.05) is 0 Å². The van der Waals surface area contributed by atoms with E-state index in [0.29, 0.717) is 0 Å². The first-order chi connectivity index (χ1) is 5.17. The van der Waals surface area contributed by atoms with Crippen molar-refractivity contribution >= 4 is 50.5 Å². The SMILES string of the molecule is COS(=O)(=O)c1ccccc1.[AlH3].[H-].[H-].[Mg+2]. The summed E-state index contributed by atoms with van der Waals surface area (Å²) in [5.74, 6) is 0. The van der Waals surface area contributed by atoms with Crippen molar-refractivity contribution < 1.29 is 15.5 Å². The van der Waals surface area contributed by atoms with Crippen LogP contribution in [-0.2, 0) is 14.3 Å². The van der Waals surface area contributed by atoms with Gasteiger partial charge in [-0.3, -0.25) is 4.18 Å². The standard InChI is InChI=1S/C7H8O3S.Al.Mg.5H/c1-10-11(8,9)7-5-3-2-4-6-7;;;;;;;/h2-6H,1H3;;;;;;;/q;;+2;;;;2*-1. The molecule has 1 aromatic rings. The van der Waals surface area contributed by atoms with Crippen LogP contribution >= 0.6 is 0 Å². The van der Waals surface area contributed by atoms with Gasteiger partial charge >= 0.3 is 23.1 Å². The van der Waals surface area contributed by atoms with Crippen molar-refractivity contribution in [3.05, 3.63) is 30.3 Å². The predicted molar refractivity (Wildman–Crippen MR) is 58.6 cm³/mol. The Morgan fingerprint density at radius 2 is 1.69 bits per heavy atom. The second-order valence-electron chi connectivity index (χ2n) is 1.93. The molecule has 0 atom stereocenters. The van der Waals surface area contributed by atoms with E-state index in [9.17, 15) is 8.42 Å². The van der Waals surface area contributed by atoms with Crippen LogP contribution in [0, 0.1) is 0 Å². The summed E-state index contributed by atoms with van der Waals surface area (Å²) in [5.41, 5.74) is 0. The molecule has 0 unspecified atom stereocenters. The van der Waals surface area contributed by atoms with E-state index in [1.54, 1.807) is 18.2 Å². The molecule has 0 saturated heterocycles. The van der Waals surface area contributed by atoms with Crippen LogP contribution in [0.15, 0.2) is 35.2 Å². The molecule has 0 heterocycles. The number of hydrogen-bond acceptors (Lipinski definition) is 3. The second-order valence-corrected chi connectivity index (χ2v) is 3.65. The maximum Gasteiger partial charge on any atom is 2.00 e. The number of hydrogen-bond donors (Lipinski definition) is 0. The molecule has 1 rings (SSSR count). The van der Waals surface area contributed by atoms with Crippen LogP contribution in [0.4, 0.5) is 0 Å². The molecule has 0 fully saturated rings. The van der Waals surface area contributed by atoms with E-state index in [0.717, 1.165) is 7.11 Å². The fourth-order valence-electron chi connectivity index (χ4n) is 0.683. The number of benzene rings is 1. The largest absolute Gasteiger partial charge is 2.00 e. The maximum atomic E-state index is 11.0. The van der Waals surface area contributed by atoms with Crippen molar-refractivity contribution in [2.45, 2.75) is 4.90 Å². The molecule has 0 bridgehead atoms. The first-order valence-electron chi connectivity index (χ1n) is 3.02. The molecular weight excluding hydrogens is 215 g/mol. The van der Waals surface area contributed by atoms with Gasteiger partial charge in [-0.05, 0) is 12.1 Å². The van der Waals surface area contributed by atoms with Gasteiger partial charge in [0.1, 0.15) is 0 Å². The molecule has 70 valence electrons.